The maximum absolute atomic E-state index is 13.2. The first-order valence-electron chi connectivity index (χ1n) is 5.40. The summed E-state index contributed by atoms with van der Waals surface area (Å²) in [5.41, 5.74) is 1.33. The lowest BCUT2D eigenvalue weighted by Crippen LogP contribution is -1.97. The summed E-state index contributed by atoms with van der Waals surface area (Å²) in [4.78, 5) is 0. The van der Waals surface area contributed by atoms with Gasteiger partial charge in [0, 0.05) is 11.9 Å². The molecule has 0 amide bonds. The van der Waals surface area contributed by atoms with Crippen LogP contribution in [0.5, 0.6) is 5.75 Å². The second kappa shape index (κ2) is 5.83. The third-order valence-corrected chi connectivity index (χ3v) is 2.69. The SMILES string of the molecule is Fc1cccc(COc2cc(F)cc(CCl)c2)c1. The van der Waals surface area contributed by atoms with Crippen molar-refractivity contribution >= 4 is 11.6 Å². The number of alkyl halides is 1. The largest absolute Gasteiger partial charge is 0.489 e. The zero-order chi connectivity index (χ0) is 13.0. The van der Waals surface area contributed by atoms with Crippen LogP contribution in [0.25, 0.3) is 0 Å². The number of ether oxygens (including phenoxy) is 1. The minimum absolute atomic E-state index is 0.183. The molecule has 0 unspecified atom stereocenters. The maximum atomic E-state index is 13.2. The van der Waals surface area contributed by atoms with Gasteiger partial charge in [-0.15, -0.1) is 11.6 Å². The zero-order valence-electron chi connectivity index (χ0n) is 9.50. The van der Waals surface area contributed by atoms with Crippen LogP contribution >= 0.6 is 11.6 Å². The third kappa shape index (κ3) is 3.44. The molecule has 0 aromatic heterocycles. The summed E-state index contributed by atoms with van der Waals surface area (Å²) in [7, 11) is 0. The molecule has 0 atom stereocenters. The van der Waals surface area contributed by atoms with Crippen LogP contribution in [0.3, 0.4) is 0 Å². The highest BCUT2D eigenvalue weighted by Crippen LogP contribution is 2.19. The van der Waals surface area contributed by atoms with Crippen molar-refractivity contribution in [2.75, 3.05) is 0 Å². The van der Waals surface area contributed by atoms with Crippen LogP contribution in [0.1, 0.15) is 11.1 Å². The Morgan fingerprint density at radius 3 is 2.44 bits per heavy atom. The summed E-state index contributed by atoms with van der Waals surface area (Å²) in [5.74, 6) is -0.122. The van der Waals surface area contributed by atoms with Gasteiger partial charge in [-0.2, -0.15) is 0 Å². The van der Waals surface area contributed by atoms with Crippen molar-refractivity contribution < 1.29 is 13.5 Å². The normalized spacial score (nSPS) is 10.4. The van der Waals surface area contributed by atoms with E-state index in [0.717, 1.165) is 0 Å². The summed E-state index contributed by atoms with van der Waals surface area (Å²) >= 11 is 5.64. The molecule has 0 heterocycles. The van der Waals surface area contributed by atoms with E-state index >= 15 is 0 Å². The Labute approximate surface area is 109 Å². The molecule has 0 bridgehead atoms. The lowest BCUT2D eigenvalue weighted by Gasteiger charge is -2.08. The molecule has 0 spiro atoms. The third-order valence-electron chi connectivity index (χ3n) is 2.38. The summed E-state index contributed by atoms with van der Waals surface area (Å²) in [6.45, 7) is 0.183. The van der Waals surface area contributed by atoms with Gasteiger partial charge in [0.1, 0.15) is 24.0 Å². The van der Waals surface area contributed by atoms with Crippen molar-refractivity contribution in [1.29, 1.82) is 0 Å². The molecule has 2 aromatic carbocycles. The van der Waals surface area contributed by atoms with Crippen molar-refractivity contribution in [3.63, 3.8) is 0 Å². The van der Waals surface area contributed by atoms with Gasteiger partial charge in [-0.25, -0.2) is 8.78 Å². The number of rotatable bonds is 4. The molecular weight excluding hydrogens is 258 g/mol. The van der Waals surface area contributed by atoms with E-state index in [1.54, 1.807) is 18.2 Å². The minimum Gasteiger partial charge on any atom is -0.489 e. The van der Waals surface area contributed by atoms with Crippen molar-refractivity contribution in [2.24, 2.45) is 0 Å². The van der Waals surface area contributed by atoms with Gasteiger partial charge in [0.05, 0.1) is 0 Å². The molecule has 0 aliphatic carbocycles. The molecule has 0 aliphatic heterocycles. The molecule has 0 N–H and O–H groups in total. The minimum atomic E-state index is -0.401. The summed E-state index contributed by atoms with van der Waals surface area (Å²) in [5, 5.41) is 0. The number of hydrogen-bond donors (Lipinski definition) is 0. The summed E-state index contributed by atoms with van der Waals surface area (Å²) in [6, 6.07) is 10.4. The highest BCUT2D eigenvalue weighted by atomic mass is 35.5. The molecule has 2 aromatic rings. The fraction of sp³-hybridized carbons (Fsp3) is 0.143. The first-order chi connectivity index (χ1) is 8.67. The van der Waals surface area contributed by atoms with Crippen LogP contribution in [0, 0.1) is 11.6 Å². The van der Waals surface area contributed by atoms with Gasteiger partial charge >= 0.3 is 0 Å². The second-order valence-electron chi connectivity index (χ2n) is 3.85. The fourth-order valence-corrected chi connectivity index (χ4v) is 1.73. The molecule has 18 heavy (non-hydrogen) atoms. The molecule has 0 saturated heterocycles. The van der Waals surface area contributed by atoms with Gasteiger partial charge in [-0.3, -0.25) is 0 Å². The summed E-state index contributed by atoms with van der Waals surface area (Å²) in [6.07, 6.45) is 0. The van der Waals surface area contributed by atoms with Crippen LogP contribution in [0.2, 0.25) is 0 Å². The van der Waals surface area contributed by atoms with Crippen LogP contribution in [-0.2, 0) is 12.5 Å². The van der Waals surface area contributed by atoms with Crippen LogP contribution < -0.4 is 4.74 Å². The van der Waals surface area contributed by atoms with E-state index in [9.17, 15) is 8.78 Å². The Bertz CT molecular complexity index is 543. The predicted molar refractivity (Wildman–Crippen MR) is 66.7 cm³/mol. The Kier molecular flexibility index (Phi) is 4.15. The molecule has 2 rings (SSSR count). The topological polar surface area (TPSA) is 9.23 Å². The highest BCUT2D eigenvalue weighted by molar-refractivity contribution is 6.17. The quantitative estimate of drug-likeness (QED) is 0.752. The van der Waals surface area contributed by atoms with Gasteiger partial charge in [0.2, 0.25) is 0 Å². The van der Waals surface area contributed by atoms with Crippen molar-refractivity contribution in [3.05, 3.63) is 65.2 Å². The Morgan fingerprint density at radius 1 is 0.944 bits per heavy atom. The molecule has 1 nitrogen and oxygen atoms in total. The standard InChI is InChI=1S/C14H11ClF2O/c15-8-11-5-13(17)7-14(6-11)18-9-10-2-1-3-12(16)4-10/h1-7H,8-9H2. The van der Waals surface area contributed by atoms with Crippen molar-refractivity contribution in [2.45, 2.75) is 12.5 Å². The molecular formula is C14H11ClF2O. The van der Waals surface area contributed by atoms with Crippen molar-refractivity contribution in [3.8, 4) is 5.75 Å². The van der Waals surface area contributed by atoms with E-state index in [1.807, 2.05) is 0 Å². The van der Waals surface area contributed by atoms with E-state index < -0.39 is 5.82 Å². The van der Waals surface area contributed by atoms with Gasteiger partial charge in [-0.05, 0) is 35.4 Å². The van der Waals surface area contributed by atoms with Gasteiger partial charge < -0.3 is 4.74 Å². The molecule has 0 aliphatic rings. The molecule has 94 valence electrons. The predicted octanol–water partition coefficient (Wildman–Crippen LogP) is 4.28. The summed E-state index contributed by atoms with van der Waals surface area (Å²) < 4.78 is 31.6. The van der Waals surface area contributed by atoms with Crippen LogP contribution in [0.4, 0.5) is 8.78 Å². The number of halogens is 3. The van der Waals surface area contributed by atoms with E-state index in [1.165, 1.54) is 24.3 Å². The van der Waals surface area contributed by atoms with E-state index in [0.29, 0.717) is 16.9 Å². The lowest BCUT2D eigenvalue weighted by atomic mass is 10.2. The van der Waals surface area contributed by atoms with E-state index in [-0.39, 0.29) is 18.3 Å². The second-order valence-corrected chi connectivity index (χ2v) is 4.11. The van der Waals surface area contributed by atoms with Gasteiger partial charge in [-0.1, -0.05) is 12.1 Å². The molecule has 4 heteroatoms. The van der Waals surface area contributed by atoms with Crippen LogP contribution in [0.15, 0.2) is 42.5 Å². The Balaban J connectivity index is 2.08. The molecule has 0 radical (unpaired) electrons. The average molecular weight is 269 g/mol. The van der Waals surface area contributed by atoms with Crippen molar-refractivity contribution in [1.82, 2.24) is 0 Å². The number of hydrogen-bond acceptors (Lipinski definition) is 1. The maximum Gasteiger partial charge on any atom is 0.127 e. The Morgan fingerprint density at radius 2 is 1.72 bits per heavy atom. The Hall–Kier alpha value is -1.61. The monoisotopic (exact) mass is 268 g/mol. The zero-order valence-corrected chi connectivity index (χ0v) is 10.3. The molecule has 0 saturated carbocycles. The van der Waals surface area contributed by atoms with E-state index in [2.05, 4.69) is 0 Å². The molecule has 0 fully saturated rings. The first kappa shape index (κ1) is 12.8. The average Bonchev–Trinajstić information content (AvgIpc) is 2.36. The highest BCUT2D eigenvalue weighted by Gasteiger charge is 2.02. The lowest BCUT2D eigenvalue weighted by molar-refractivity contribution is 0.303. The van der Waals surface area contributed by atoms with Crippen LogP contribution in [-0.4, -0.2) is 0 Å². The van der Waals surface area contributed by atoms with E-state index in [4.69, 9.17) is 16.3 Å². The smallest absolute Gasteiger partial charge is 0.127 e. The van der Waals surface area contributed by atoms with Gasteiger partial charge in [0.25, 0.3) is 0 Å². The van der Waals surface area contributed by atoms with Gasteiger partial charge in [0.15, 0.2) is 0 Å². The first-order valence-corrected chi connectivity index (χ1v) is 5.93. The number of benzene rings is 2. The fourth-order valence-electron chi connectivity index (χ4n) is 1.57.